The lowest BCUT2D eigenvalue weighted by Crippen LogP contribution is -2.42. The fraction of sp³-hybridized carbons (Fsp3) is 0.455. The molecule has 0 amide bonds. The van der Waals surface area contributed by atoms with E-state index in [1.165, 1.54) is 5.56 Å². The van der Waals surface area contributed by atoms with E-state index in [2.05, 4.69) is 4.90 Å². The standard InChI is InChI=1S/C22H29NO5S/c1-17-7-9-18(10-8-17)13-23(19-11-12-29(25,26)16-19)14-20(24)15-28-22-6-4-3-5-21(22)27-2/h3-10,19-20,24H,11-16H2,1-2H3/t19-,20+/m0/s1. The molecule has 1 N–H and O–H groups in total. The number of aryl methyl sites for hydroxylation is 1. The number of benzene rings is 2. The fourth-order valence-corrected chi connectivity index (χ4v) is 5.34. The van der Waals surface area contributed by atoms with Gasteiger partial charge in [-0.15, -0.1) is 0 Å². The number of rotatable bonds is 9. The van der Waals surface area contributed by atoms with Crippen LogP contribution in [0.5, 0.6) is 11.5 Å². The molecule has 1 saturated heterocycles. The van der Waals surface area contributed by atoms with Crippen molar-refractivity contribution in [2.75, 3.05) is 31.8 Å². The molecule has 1 fully saturated rings. The lowest BCUT2D eigenvalue weighted by Gasteiger charge is -2.30. The van der Waals surface area contributed by atoms with Crippen molar-refractivity contribution in [1.29, 1.82) is 0 Å². The van der Waals surface area contributed by atoms with Crippen molar-refractivity contribution in [2.45, 2.75) is 32.0 Å². The highest BCUT2D eigenvalue weighted by atomic mass is 32.2. The van der Waals surface area contributed by atoms with E-state index < -0.39 is 15.9 Å². The van der Waals surface area contributed by atoms with Crippen LogP contribution in [-0.4, -0.2) is 62.3 Å². The predicted molar refractivity (Wildman–Crippen MR) is 113 cm³/mol. The summed E-state index contributed by atoms with van der Waals surface area (Å²) in [4.78, 5) is 2.06. The molecule has 1 heterocycles. The van der Waals surface area contributed by atoms with Gasteiger partial charge in [0, 0.05) is 19.1 Å². The van der Waals surface area contributed by atoms with Gasteiger partial charge in [0.15, 0.2) is 21.3 Å². The Kier molecular flexibility index (Phi) is 7.16. The quantitative estimate of drug-likeness (QED) is 0.673. The summed E-state index contributed by atoms with van der Waals surface area (Å²) in [5.74, 6) is 1.52. The lowest BCUT2D eigenvalue weighted by atomic mass is 10.1. The number of para-hydroxylation sites is 2. The minimum atomic E-state index is -3.01. The maximum atomic E-state index is 12.0. The van der Waals surface area contributed by atoms with E-state index in [1.807, 2.05) is 43.3 Å². The van der Waals surface area contributed by atoms with Crippen molar-refractivity contribution in [1.82, 2.24) is 4.90 Å². The van der Waals surface area contributed by atoms with Gasteiger partial charge in [-0.1, -0.05) is 42.0 Å². The van der Waals surface area contributed by atoms with Gasteiger partial charge in [0.05, 0.1) is 18.6 Å². The summed E-state index contributed by atoms with van der Waals surface area (Å²) >= 11 is 0. The number of sulfone groups is 1. The van der Waals surface area contributed by atoms with Gasteiger partial charge in [0.25, 0.3) is 0 Å². The maximum absolute atomic E-state index is 12.0. The van der Waals surface area contributed by atoms with E-state index in [9.17, 15) is 13.5 Å². The highest BCUT2D eigenvalue weighted by Crippen LogP contribution is 2.26. The summed E-state index contributed by atoms with van der Waals surface area (Å²) in [7, 11) is -1.44. The van der Waals surface area contributed by atoms with Crippen LogP contribution < -0.4 is 9.47 Å². The number of ether oxygens (including phenoxy) is 2. The van der Waals surface area contributed by atoms with Crippen molar-refractivity contribution >= 4 is 9.84 Å². The zero-order valence-electron chi connectivity index (χ0n) is 17.0. The lowest BCUT2D eigenvalue weighted by molar-refractivity contribution is 0.0517. The molecule has 29 heavy (non-hydrogen) atoms. The number of aliphatic hydroxyl groups is 1. The first-order valence-corrected chi connectivity index (χ1v) is 11.6. The van der Waals surface area contributed by atoms with E-state index in [1.54, 1.807) is 19.2 Å². The van der Waals surface area contributed by atoms with Crippen LogP contribution in [0.1, 0.15) is 17.5 Å². The van der Waals surface area contributed by atoms with E-state index in [0.717, 1.165) is 5.56 Å². The van der Waals surface area contributed by atoms with Crippen molar-refractivity contribution in [3.8, 4) is 11.5 Å². The normalized spacial score (nSPS) is 19.2. The largest absolute Gasteiger partial charge is 0.493 e. The van der Waals surface area contributed by atoms with Gasteiger partial charge < -0.3 is 14.6 Å². The van der Waals surface area contributed by atoms with Gasteiger partial charge in [-0.05, 0) is 31.0 Å². The Morgan fingerprint density at radius 2 is 1.83 bits per heavy atom. The van der Waals surface area contributed by atoms with Gasteiger partial charge in [-0.2, -0.15) is 0 Å². The SMILES string of the molecule is COc1ccccc1OC[C@H](O)CN(Cc1ccc(C)cc1)[C@H]1CCS(=O)(=O)C1. The Hall–Kier alpha value is -2.09. The average Bonchev–Trinajstić information content (AvgIpc) is 3.07. The van der Waals surface area contributed by atoms with Crippen LogP contribution in [-0.2, 0) is 16.4 Å². The number of hydrogen-bond donors (Lipinski definition) is 1. The number of nitrogens with zero attached hydrogens (tertiary/aromatic N) is 1. The number of hydrogen-bond acceptors (Lipinski definition) is 6. The highest BCUT2D eigenvalue weighted by Gasteiger charge is 2.33. The Balaban J connectivity index is 1.66. The Bertz CT molecular complexity index is 898. The maximum Gasteiger partial charge on any atom is 0.161 e. The first-order chi connectivity index (χ1) is 13.9. The number of methoxy groups -OCH3 is 1. The van der Waals surface area contributed by atoms with Crippen LogP contribution >= 0.6 is 0 Å². The van der Waals surface area contributed by atoms with E-state index in [0.29, 0.717) is 31.0 Å². The van der Waals surface area contributed by atoms with Crippen LogP contribution in [0.15, 0.2) is 48.5 Å². The smallest absolute Gasteiger partial charge is 0.161 e. The molecule has 2 aromatic rings. The second kappa shape index (κ2) is 9.61. The van der Waals surface area contributed by atoms with Crippen LogP contribution in [0.3, 0.4) is 0 Å². The average molecular weight is 420 g/mol. The Morgan fingerprint density at radius 1 is 1.14 bits per heavy atom. The summed E-state index contributed by atoms with van der Waals surface area (Å²) in [6.45, 7) is 3.06. The van der Waals surface area contributed by atoms with Gasteiger partial charge in [0.2, 0.25) is 0 Å². The third-order valence-electron chi connectivity index (χ3n) is 5.18. The molecule has 3 rings (SSSR count). The molecule has 2 aromatic carbocycles. The summed E-state index contributed by atoms with van der Waals surface area (Å²) < 4.78 is 35.0. The topological polar surface area (TPSA) is 76.1 Å². The molecule has 7 heteroatoms. The second-order valence-corrected chi connectivity index (χ2v) is 9.82. The van der Waals surface area contributed by atoms with Crippen LogP contribution in [0.4, 0.5) is 0 Å². The summed E-state index contributed by atoms with van der Waals surface area (Å²) in [5, 5.41) is 10.6. The Labute approximate surface area is 173 Å². The van der Waals surface area contributed by atoms with Gasteiger partial charge in [-0.25, -0.2) is 8.42 Å². The van der Waals surface area contributed by atoms with Gasteiger partial charge >= 0.3 is 0 Å². The predicted octanol–water partition coefficient (Wildman–Crippen LogP) is 2.43. The molecule has 2 atom stereocenters. The monoisotopic (exact) mass is 419 g/mol. The van der Waals surface area contributed by atoms with Crippen LogP contribution in [0, 0.1) is 6.92 Å². The van der Waals surface area contributed by atoms with Gasteiger partial charge in [-0.3, -0.25) is 4.90 Å². The summed E-state index contributed by atoms with van der Waals surface area (Å²) in [5.41, 5.74) is 2.27. The van der Waals surface area contributed by atoms with Crippen molar-refractivity contribution in [2.24, 2.45) is 0 Å². The second-order valence-electron chi connectivity index (χ2n) is 7.59. The highest BCUT2D eigenvalue weighted by molar-refractivity contribution is 7.91. The van der Waals surface area contributed by atoms with Gasteiger partial charge in [0.1, 0.15) is 12.7 Å². The fourth-order valence-electron chi connectivity index (χ4n) is 3.58. The summed E-state index contributed by atoms with van der Waals surface area (Å²) in [6.07, 6.45) is -0.164. The van der Waals surface area contributed by atoms with E-state index >= 15 is 0 Å². The van der Waals surface area contributed by atoms with Crippen molar-refractivity contribution in [3.63, 3.8) is 0 Å². The molecular weight excluding hydrogens is 390 g/mol. The minimum absolute atomic E-state index is 0.0952. The molecule has 158 valence electrons. The van der Waals surface area contributed by atoms with E-state index in [-0.39, 0.29) is 24.2 Å². The molecule has 0 spiro atoms. The number of aliphatic hydroxyl groups excluding tert-OH is 1. The molecule has 0 aromatic heterocycles. The minimum Gasteiger partial charge on any atom is -0.493 e. The van der Waals surface area contributed by atoms with Crippen molar-refractivity contribution in [3.05, 3.63) is 59.7 Å². The third-order valence-corrected chi connectivity index (χ3v) is 6.93. The molecule has 6 nitrogen and oxygen atoms in total. The molecular formula is C22H29NO5S. The first kappa shape index (κ1) is 21.6. The zero-order valence-corrected chi connectivity index (χ0v) is 17.8. The molecule has 1 aliphatic heterocycles. The van der Waals surface area contributed by atoms with Crippen LogP contribution in [0.2, 0.25) is 0 Å². The first-order valence-electron chi connectivity index (χ1n) is 9.80. The zero-order chi connectivity index (χ0) is 20.9. The molecule has 0 saturated carbocycles. The van der Waals surface area contributed by atoms with E-state index in [4.69, 9.17) is 9.47 Å². The van der Waals surface area contributed by atoms with Crippen LogP contribution in [0.25, 0.3) is 0 Å². The molecule has 0 aliphatic carbocycles. The molecule has 0 bridgehead atoms. The molecule has 0 unspecified atom stereocenters. The molecule has 1 aliphatic rings. The summed E-state index contributed by atoms with van der Waals surface area (Å²) in [6, 6.07) is 15.4. The molecule has 0 radical (unpaired) electrons. The Morgan fingerprint density at radius 3 is 2.45 bits per heavy atom. The van der Waals surface area contributed by atoms with Crippen molar-refractivity contribution < 1.29 is 23.0 Å². The third kappa shape index (κ3) is 6.19.